The molecule has 0 spiro atoms. The Labute approximate surface area is 155 Å². The molecule has 4 amide bonds. The standard InChI is InChI=1S/C21H30N2O3/c1-16(2)11-7-4-3-5-10-14-21(15-17-12-8-6-9-13-17)18(24)22-20(26)23-19(21)25/h6,8-9,12-13,16H,3-5,7,10-11,14-15H2,1-2H3,(H2,22,23,24,25,26). The van der Waals surface area contributed by atoms with E-state index >= 15 is 0 Å². The summed E-state index contributed by atoms with van der Waals surface area (Å²) in [6, 6.07) is 8.77. The van der Waals surface area contributed by atoms with Crippen molar-refractivity contribution in [3.8, 4) is 0 Å². The van der Waals surface area contributed by atoms with E-state index in [1.807, 2.05) is 30.3 Å². The summed E-state index contributed by atoms with van der Waals surface area (Å²) in [5, 5.41) is 4.57. The molecular weight excluding hydrogens is 328 g/mol. The fourth-order valence-electron chi connectivity index (χ4n) is 3.51. The van der Waals surface area contributed by atoms with Crippen molar-refractivity contribution in [1.29, 1.82) is 0 Å². The van der Waals surface area contributed by atoms with Crippen molar-refractivity contribution in [3.63, 3.8) is 0 Å². The zero-order chi connectivity index (χ0) is 19.0. The largest absolute Gasteiger partial charge is 0.328 e. The number of amides is 4. The summed E-state index contributed by atoms with van der Waals surface area (Å²) >= 11 is 0. The van der Waals surface area contributed by atoms with Gasteiger partial charge in [0.2, 0.25) is 11.8 Å². The van der Waals surface area contributed by atoms with Crippen LogP contribution in [0.1, 0.15) is 64.4 Å². The van der Waals surface area contributed by atoms with Gasteiger partial charge in [0.15, 0.2) is 0 Å². The van der Waals surface area contributed by atoms with Crippen LogP contribution in [-0.2, 0) is 16.0 Å². The summed E-state index contributed by atoms with van der Waals surface area (Å²) in [5.74, 6) is -0.221. The van der Waals surface area contributed by atoms with E-state index in [2.05, 4.69) is 24.5 Å². The average Bonchev–Trinajstić information content (AvgIpc) is 2.59. The molecule has 1 fully saturated rings. The minimum Gasteiger partial charge on any atom is -0.277 e. The number of imide groups is 2. The minimum absolute atomic E-state index is 0.312. The van der Waals surface area contributed by atoms with Gasteiger partial charge in [-0.05, 0) is 24.3 Å². The number of carbonyl (C=O) groups is 3. The van der Waals surface area contributed by atoms with E-state index < -0.39 is 23.3 Å². The van der Waals surface area contributed by atoms with Crippen molar-refractivity contribution in [1.82, 2.24) is 10.6 Å². The van der Waals surface area contributed by atoms with Gasteiger partial charge in [-0.15, -0.1) is 0 Å². The lowest BCUT2D eigenvalue weighted by Gasteiger charge is -2.34. The van der Waals surface area contributed by atoms with Crippen LogP contribution < -0.4 is 10.6 Å². The van der Waals surface area contributed by atoms with Crippen molar-refractivity contribution in [2.45, 2.75) is 65.2 Å². The van der Waals surface area contributed by atoms with Crippen LogP contribution in [0.25, 0.3) is 0 Å². The third-order valence-electron chi connectivity index (χ3n) is 5.06. The molecule has 0 saturated carbocycles. The second kappa shape index (κ2) is 9.51. The van der Waals surface area contributed by atoms with Gasteiger partial charge >= 0.3 is 6.03 Å². The highest BCUT2D eigenvalue weighted by Gasteiger charge is 2.49. The molecule has 1 heterocycles. The van der Waals surface area contributed by atoms with Crippen LogP contribution in [-0.4, -0.2) is 17.8 Å². The summed E-state index contributed by atoms with van der Waals surface area (Å²) in [7, 11) is 0. The Bertz CT molecular complexity index is 605. The van der Waals surface area contributed by atoms with Crippen LogP contribution >= 0.6 is 0 Å². The maximum atomic E-state index is 12.6. The van der Waals surface area contributed by atoms with Gasteiger partial charge in [0.1, 0.15) is 5.41 Å². The lowest BCUT2D eigenvalue weighted by Crippen LogP contribution is -2.63. The number of benzene rings is 1. The normalized spacial score (nSPS) is 16.5. The molecule has 1 aliphatic heterocycles. The first-order valence-corrected chi connectivity index (χ1v) is 9.65. The highest BCUT2D eigenvalue weighted by molar-refractivity contribution is 6.19. The van der Waals surface area contributed by atoms with Gasteiger partial charge in [-0.2, -0.15) is 0 Å². The van der Waals surface area contributed by atoms with Crippen molar-refractivity contribution < 1.29 is 14.4 Å². The molecule has 26 heavy (non-hydrogen) atoms. The molecule has 5 heteroatoms. The van der Waals surface area contributed by atoms with E-state index in [0.717, 1.165) is 30.7 Å². The van der Waals surface area contributed by atoms with E-state index in [1.54, 1.807) is 0 Å². The third-order valence-corrected chi connectivity index (χ3v) is 5.06. The molecule has 1 saturated heterocycles. The van der Waals surface area contributed by atoms with E-state index in [-0.39, 0.29) is 0 Å². The van der Waals surface area contributed by atoms with Gasteiger partial charge in [0, 0.05) is 0 Å². The summed E-state index contributed by atoms with van der Waals surface area (Å²) in [6.07, 6.45) is 7.31. The number of hydrogen-bond acceptors (Lipinski definition) is 3. The maximum Gasteiger partial charge on any atom is 0.328 e. The molecule has 142 valence electrons. The first kappa shape index (κ1) is 20.1. The van der Waals surface area contributed by atoms with Crippen LogP contribution in [0, 0.1) is 11.3 Å². The van der Waals surface area contributed by atoms with Crippen molar-refractivity contribution in [3.05, 3.63) is 35.9 Å². The van der Waals surface area contributed by atoms with E-state index in [0.29, 0.717) is 12.8 Å². The van der Waals surface area contributed by atoms with Gasteiger partial charge < -0.3 is 0 Å². The zero-order valence-electron chi connectivity index (χ0n) is 15.8. The first-order valence-electron chi connectivity index (χ1n) is 9.65. The van der Waals surface area contributed by atoms with Gasteiger partial charge in [0.05, 0.1) is 0 Å². The Morgan fingerprint density at radius 1 is 0.846 bits per heavy atom. The van der Waals surface area contributed by atoms with Crippen LogP contribution in [0.15, 0.2) is 30.3 Å². The highest BCUT2D eigenvalue weighted by Crippen LogP contribution is 2.32. The van der Waals surface area contributed by atoms with Gasteiger partial charge in [-0.1, -0.05) is 82.7 Å². The molecule has 0 atom stereocenters. The van der Waals surface area contributed by atoms with E-state index in [4.69, 9.17) is 0 Å². The summed E-state index contributed by atoms with van der Waals surface area (Å²) in [4.78, 5) is 36.6. The predicted octanol–water partition coefficient (Wildman–Crippen LogP) is 3.97. The number of unbranched alkanes of at least 4 members (excludes halogenated alkanes) is 4. The molecular formula is C21H30N2O3. The van der Waals surface area contributed by atoms with Crippen molar-refractivity contribution in [2.75, 3.05) is 0 Å². The first-order chi connectivity index (χ1) is 12.4. The highest BCUT2D eigenvalue weighted by atomic mass is 16.2. The number of barbiturate groups is 1. The van der Waals surface area contributed by atoms with Gasteiger partial charge in [-0.25, -0.2) is 4.79 Å². The van der Waals surface area contributed by atoms with Crippen LogP contribution in [0.2, 0.25) is 0 Å². The average molecular weight is 358 g/mol. The smallest absolute Gasteiger partial charge is 0.277 e. The molecule has 0 aliphatic carbocycles. The molecule has 0 unspecified atom stereocenters. The number of hydrogen-bond donors (Lipinski definition) is 2. The minimum atomic E-state index is -1.20. The topological polar surface area (TPSA) is 75.3 Å². The fourth-order valence-corrected chi connectivity index (χ4v) is 3.51. The van der Waals surface area contributed by atoms with Gasteiger partial charge in [-0.3, -0.25) is 20.2 Å². The molecule has 1 aromatic rings. The van der Waals surface area contributed by atoms with Crippen LogP contribution in [0.4, 0.5) is 4.79 Å². The summed E-state index contributed by atoms with van der Waals surface area (Å²) in [6.45, 7) is 4.46. The van der Waals surface area contributed by atoms with Gasteiger partial charge in [0.25, 0.3) is 0 Å². The quantitative estimate of drug-likeness (QED) is 0.491. The monoisotopic (exact) mass is 358 g/mol. The molecule has 2 rings (SSSR count). The number of nitrogens with one attached hydrogen (secondary N) is 2. The molecule has 2 N–H and O–H groups in total. The molecule has 1 aromatic carbocycles. The summed E-state index contributed by atoms with van der Waals surface area (Å²) < 4.78 is 0. The summed E-state index contributed by atoms with van der Waals surface area (Å²) in [5.41, 5.74) is -0.281. The molecule has 5 nitrogen and oxygen atoms in total. The Hall–Kier alpha value is -2.17. The van der Waals surface area contributed by atoms with Crippen molar-refractivity contribution >= 4 is 17.8 Å². The lowest BCUT2D eigenvalue weighted by molar-refractivity contribution is -0.145. The van der Waals surface area contributed by atoms with Crippen molar-refractivity contribution in [2.24, 2.45) is 11.3 Å². The molecule has 0 bridgehead atoms. The van der Waals surface area contributed by atoms with E-state index in [9.17, 15) is 14.4 Å². The van der Waals surface area contributed by atoms with E-state index in [1.165, 1.54) is 19.3 Å². The SMILES string of the molecule is CC(C)CCCCCCCC1(Cc2ccccc2)C(=O)NC(=O)NC1=O. The Kier molecular flexibility index (Phi) is 7.37. The Morgan fingerprint density at radius 2 is 1.42 bits per heavy atom. The van der Waals surface area contributed by atoms with Crippen LogP contribution in [0.5, 0.6) is 0 Å². The molecule has 0 radical (unpaired) electrons. The Balaban J connectivity index is 1.97. The number of urea groups is 1. The second-order valence-electron chi connectivity index (χ2n) is 7.68. The number of carbonyl (C=O) groups excluding carboxylic acids is 3. The third kappa shape index (κ3) is 5.41. The predicted molar refractivity (Wildman–Crippen MR) is 101 cm³/mol. The zero-order valence-corrected chi connectivity index (χ0v) is 15.8. The molecule has 0 aromatic heterocycles. The lowest BCUT2D eigenvalue weighted by atomic mass is 9.74. The van der Waals surface area contributed by atoms with Crippen LogP contribution in [0.3, 0.4) is 0 Å². The Morgan fingerprint density at radius 3 is 2.04 bits per heavy atom. The second-order valence-corrected chi connectivity index (χ2v) is 7.68. The number of rotatable bonds is 10. The fraction of sp³-hybridized carbons (Fsp3) is 0.571. The maximum absolute atomic E-state index is 12.6. The molecule has 1 aliphatic rings.